The molecule has 0 bridgehead atoms. The van der Waals surface area contributed by atoms with Crippen molar-refractivity contribution in [2.45, 2.75) is 46.5 Å². The van der Waals surface area contributed by atoms with Gasteiger partial charge in [0.25, 0.3) is 0 Å². The molecule has 4 nitrogen and oxygen atoms in total. The van der Waals surface area contributed by atoms with Gasteiger partial charge in [0.15, 0.2) is 0 Å². The van der Waals surface area contributed by atoms with Gasteiger partial charge in [-0.05, 0) is 50.3 Å². The molecule has 5 heteroatoms. The maximum atomic E-state index is 12.7. The van der Waals surface area contributed by atoms with Gasteiger partial charge >= 0.3 is 0 Å². The van der Waals surface area contributed by atoms with E-state index in [1.54, 1.807) is 11.9 Å². The molecule has 0 radical (unpaired) electrons. The Balaban J connectivity index is 2.13. The van der Waals surface area contributed by atoms with Gasteiger partial charge in [-0.1, -0.05) is 31.0 Å². The fourth-order valence-corrected chi connectivity index (χ4v) is 3.20. The second-order valence-electron chi connectivity index (χ2n) is 6.56. The molecule has 1 fully saturated rings. The van der Waals surface area contributed by atoms with E-state index in [4.69, 9.17) is 11.6 Å². The van der Waals surface area contributed by atoms with Crippen LogP contribution in [0.25, 0.3) is 0 Å². The third-order valence-electron chi connectivity index (χ3n) is 4.46. The number of benzene rings is 1. The van der Waals surface area contributed by atoms with Crippen molar-refractivity contribution >= 4 is 29.1 Å². The number of carbonyl (C=O) groups is 2. The summed E-state index contributed by atoms with van der Waals surface area (Å²) in [6.07, 6.45) is 3.19. The first kappa shape index (κ1) is 17.8. The first-order valence-electron chi connectivity index (χ1n) is 8.15. The number of rotatable bonds is 6. The van der Waals surface area contributed by atoms with Crippen LogP contribution in [0.3, 0.4) is 0 Å². The molecule has 0 heterocycles. The molecule has 0 spiro atoms. The zero-order chi connectivity index (χ0) is 17.2. The Morgan fingerprint density at radius 1 is 1.30 bits per heavy atom. The number of nitrogens with one attached hydrogen (secondary N) is 1. The van der Waals surface area contributed by atoms with Crippen LogP contribution in [-0.4, -0.2) is 30.3 Å². The van der Waals surface area contributed by atoms with Gasteiger partial charge < -0.3 is 10.2 Å². The van der Waals surface area contributed by atoms with Crippen LogP contribution in [0.4, 0.5) is 5.69 Å². The Bertz CT molecular complexity index is 600. The summed E-state index contributed by atoms with van der Waals surface area (Å²) >= 11 is 6.25. The standard InChI is InChI=1S/C18H25ClN2O2/c1-5-6-9-21(4)17(23)18(7-8-18)16(22)20-15-13(3)10-12(2)11-14(15)19/h10-11H,5-9H2,1-4H3,(H,20,22). The lowest BCUT2D eigenvalue weighted by Crippen LogP contribution is -2.41. The summed E-state index contributed by atoms with van der Waals surface area (Å²) in [6, 6.07) is 3.79. The highest BCUT2D eigenvalue weighted by Gasteiger charge is 2.57. The number of hydrogen-bond acceptors (Lipinski definition) is 2. The number of anilines is 1. The van der Waals surface area contributed by atoms with Crippen molar-refractivity contribution in [2.24, 2.45) is 5.41 Å². The van der Waals surface area contributed by atoms with Gasteiger partial charge in [0.1, 0.15) is 5.41 Å². The lowest BCUT2D eigenvalue weighted by Gasteiger charge is -2.23. The molecule has 1 aliphatic carbocycles. The van der Waals surface area contributed by atoms with Crippen LogP contribution in [0.2, 0.25) is 5.02 Å². The lowest BCUT2D eigenvalue weighted by atomic mass is 10.0. The summed E-state index contributed by atoms with van der Waals surface area (Å²) in [4.78, 5) is 27.0. The minimum Gasteiger partial charge on any atom is -0.345 e. The van der Waals surface area contributed by atoms with Gasteiger partial charge in [0, 0.05) is 13.6 Å². The molecule has 2 amide bonds. The number of nitrogens with zero attached hydrogens (tertiary/aromatic N) is 1. The van der Waals surface area contributed by atoms with Gasteiger partial charge in [-0.25, -0.2) is 0 Å². The van der Waals surface area contributed by atoms with Crippen LogP contribution < -0.4 is 5.32 Å². The van der Waals surface area contributed by atoms with Crippen molar-refractivity contribution in [3.8, 4) is 0 Å². The third kappa shape index (κ3) is 3.69. The minimum absolute atomic E-state index is 0.0793. The van der Waals surface area contributed by atoms with Gasteiger partial charge in [0.2, 0.25) is 11.8 Å². The molecule has 0 aliphatic heterocycles. The quantitative estimate of drug-likeness (QED) is 0.800. The van der Waals surface area contributed by atoms with Crippen molar-refractivity contribution in [1.82, 2.24) is 4.90 Å². The summed E-state index contributed by atoms with van der Waals surface area (Å²) < 4.78 is 0. The van der Waals surface area contributed by atoms with Crippen LogP contribution in [0, 0.1) is 19.3 Å². The molecule has 0 unspecified atom stereocenters. The largest absolute Gasteiger partial charge is 0.345 e. The van der Waals surface area contributed by atoms with Crippen LogP contribution in [0.1, 0.15) is 43.7 Å². The molecule has 0 aromatic heterocycles. The third-order valence-corrected chi connectivity index (χ3v) is 4.76. The number of aryl methyl sites for hydroxylation is 2. The molecule has 0 atom stereocenters. The minimum atomic E-state index is -0.900. The summed E-state index contributed by atoms with van der Waals surface area (Å²) in [6.45, 7) is 6.64. The van der Waals surface area contributed by atoms with Gasteiger partial charge in [-0.2, -0.15) is 0 Å². The highest BCUT2D eigenvalue weighted by Crippen LogP contribution is 2.48. The molecule has 126 valence electrons. The summed E-state index contributed by atoms with van der Waals surface area (Å²) in [5, 5.41) is 3.39. The molecular formula is C18H25ClN2O2. The Morgan fingerprint density at radius 2 is 1.96 bits per heavy atom. The van der Waals surface area contributed by atoms with E-state index in [1.807, 2.05) is 26.0 Å². The lowest BCUT2D eigenvalue weighted by molar-refractivity contribution is -0.141. The van der Waals surface area contributed by atoms with E-state index in [0.29, 0.717) is 30.1 Å². The first-order valence-corrected chi connectivity index (χ1v) is 8.53. The molecule has 1 saturated carbocycles. The van der Waals surface area contributed by atoms with E-state index in [9.17, 15) is 9.59 Å². The van der Waals surface area contributed by atoms with Crippen molar-refractivity contribution in [3.63, 3.8) is 0 Å². The topological polar surface area (TPSA) is 49.4 Å². The number of hydrogen-bond donors (Lipinski definition) is 1. The van der Waals surface area contributed by atoms with Crippen LogP contribution >= 0.6 is 11.6 Å². The van der Waals surface area contributed by atoms with Crippen molar-refractivity contribution in [2.75, 3.05) is 18.9 Å². The molecule has 1 aromatic carbocycles. The normalized spacial score (nSPS) is 15.2. The van der Waals surface area contributed by atoms with Crippen LogP contribution in [0.15, 0.2) is 12.1 Å². The Morgan fingerprint density at radius 3 is 2.48 bits per heavy atom. The van der Waals surface area contributed by atoms with E-state index in [2.05, 4.69) is 12.2 Å². The number of amides is 2. The number of halogens is 1. The molecule has 2 rings (SSSR count). The fourth-order valence-electron chi connectivity index (χ4n) is 2.83. The van der Waals surface area contributed by atoms with Crippen molar-refractivity contribution in [1.29, 1.82) is 0 Å². The Kier molecular flexibility index (Phi) is 5.35. The van der Waals surface area contributed by atoms with Gasteiger partial charge in [0.05, 0.1) is 10.7 Å². The average Bonchev–Trinajstić information content (AvgIpc) is 3.29. The predicted octanol–water partition coefficient (Wildman–Crippen LogP) is 3.93. The maximum Gasteiger partial charge on any atom is 0.240 e. The molecule has 1 aromatic rings. The highest BCUT2D eigenvalue weighted by atomic mass is 35.5. The van der Waals surface area contributed by atoms with Crippen LogP contribution in [0.5, 0.6) is 0 Å². The summed E-state index contributed by atoms with van der Waals surface area (Å²) in [5.41, 5.74) is 1.66. The average molecular weight is 337 g/mol. The Labute approximate surface area is 143 Å². The molecule has 0 saturated heterocycles. The first-order chi connectivity index (χ1) is 10.8. The van der Waals surface area contributed by atoms with E-state index in [-0.39, 0.29) is 11.8 Å². The summed E-state index contributed by atoms with van der Waals surface area (Å²) in [7, 11) is 1.77. The molecule has 1 N–H and O–H groups in total. The molecular weight excluding hydrogens is 312 g/mol. The molecule has 23 heavy (non-hydrogen) atoms. The second-order valence-corrected chi connectivity index (χ2v) is 6.96. The van der Waals surface area contributed by atoms with E-state index < -0.39 is 5.41 Å². The molecule has 1 aliphatic rings. The zero-order valence-electron chi connectivity index (χ0n) is 14.3. The van der Waals surface area contributed by atoms with E-state index in [1.165, 1.54) is 0 Å². The smallest absolute Gasteiger partial charge is 0.240 e. The van der Waals surface area contributed by atoms with Crippen molar-refractivity contribution < 1.29 is 9.59 Å². The van der Waals surface area contributed by atoms with E-state index in [0.717, 1.165) is 24.0 Å². The van der Waals surface area contributed by atoms with Crippen LogP contribution in [-0.2, 0) is 9.59 Å². The highest BCUT2D eigenvalue weighted by molar-refractivity contribution is 6.34. The van der Waals surface area contributed by atoms with E-state index >= 15 is 0 Å². The SMILES string of the molecule is CCCCN(C)C(=O)C1(C(=O)Nc2c(C)cc(C)cc2Cl)CC1. The fraction of sp³-hybridized carbons (Fsp3) is 0.556. The van der Waals surface area contributed by atoms with Gasteiger partial charge in [-0.15, -0.1) is 0 Å². The Hall–Kier alpha value is -1.55. The zero-order valence-corrected chi connectivity index (χ0v) is 15.1. The van der Waals surface area contributed by atoms with Crippen molar-refractivity contribution in [3.05, 3.63) is 28.3 Å². The predicted molar refractivity (Wildman–Crippen MR) is 93.8 cm³/mol. The number of unbranched alkanes of at least 4 members (excludes halogenated alkanes) is 1. The second kappa shape index (κ2) is 6.91. The summed E-state index contributed by atoms with van der Waals surface area (Å²) in [5.74, 6) is -0.316. The van der Waals surface area contributed by atoms with Gasteiger partial charge in [-0.3, -0.25) is 9.59 Å². The monoisotopic (exact) mass is 336 g/mol. The maximum absolute atomic E-state index is 12.7. The number of carbonyl (C=O) groups excluding carboxylic acids is 2.